The minimum atomic E-state index is -1.24. The Morgan fingerprint density at radius 2 is 1.25 bits per heavy atom. The maximum atomic E-state index is 12.2. The number of rotatable bonds is 16. The predicted molar refractivity (Wildman–Crippen MR) is 138 cm³/mol. The molecule has 0 aliphatic rings. The summed E-state index contributed by atoms with van der Waals surface area (Å²) in [5.41, 5.74) is 0.831. The van der Waals surface area contributed by atoms with E-state index >= 15 is 0 Å². The van der Waals surface area contributed by atoms with Gasteiger partial charge in [0.2, 0.25) is 0 Å². The number of esters is 4. The van der Waals surface area contributed by atoms with Gasteiger partial charge in [0.1, 0.15) is 12.7 Å². The summed E-state index contributed by atoms with van der Waals surface area (Å²) >= 11 is 3.11. The van der Waals surface area contributed by atoms with Crippen molar-refractivity contribution in [3.63, 3.8) is 0 Å². The van der Waals surface area contributed by atoms with E-state index in [1.54, 1.807) is 23.5 Å². The molecule has 1 rings (SSSR count). The molecule has 0 N–H and O–H groups in total. The quantitative estimate of drug-likeness (QED) is 0.172. The molecule has 0 heterocycles. The molecule has 0 amide bonds. The molecule has 202 valence electrons. The van der Waals surface area contributed by atoms with Gasteiger partial charge in [0.05, 0.1) is 11.2 Å². The van der Waals surface area contributed by atoms with Crippen molar-refractivity contribution in [2.75, 3.05) is 18.1 Å². The van der Waals surface area contributed by atoms with Crippen LogP contribution < -0.4 is 0 Å². The first-order chi connectivity index (χ1) is 17.1. The zero-order valence-corrected chi connectivity index (χ0v) is 23.2. The van der Waals surface area contributed by atoms with Gasteiger partial charge in [-0.25, -0.2) is 0 Å². The minimum absolute atomic E-state index is 0.0989. The van der Waals surface area contributed by atoms with E-state index in [2.05, 4.69) is 0 Å². The number of hydrogen-bond donors (Lipinski definition) is 0. The molecule has 9 nitrogen and oxygen atoms in total. The lowest BCUT2D eigenvalue weighted by Crippen LogP contribution is -2.54. The van der Waals surface area contributed by atoms with Crippen LogP contribution in [0.5, 0.6) is 0 Å². The number of ether oxygens (including phenoxy) is 5. The summed E-state index contributed by atoms with van der Waals surface area (Å²) in [5.74, 6) is -1.04. The third kappa shape index (κ3) is 12.1. The number of hydrogen-bond acceptors (Lipinski definition) is 11. The number of benzene rings is 1. The Morgan fingerprint density at radius 1 is 0.722 bits per heavy atom. The van der Waals surface area contributed by atoms with Gasteiger partial charge >= 0.3 is 23.9 Å². The van der Waals surface area contributed by atoms with Crippen LogP contribution in [0.2, 0.25) is 0 Å². The van der Waals surface area contributed by atoms with Gasteiger partial charge in [-0.1, -0.05) is 44.2 Å². The van der Waals surface area contributed by atoms with E-state index in [-0.39, 0.29) is 17.8 Å². The van der Waals surface area contributed by atoms with Gasteiger partial charge in [-0.2, -0.15) is 0 Å². The molecule has 0 saturated heterocycles. The smallest absolute Gasteiger partial charge is 0.303 e. The summed E-state index contributed by atoms with van der Waals surface area (Å²) < 4.78 is 27.9. The molecule has 0 saturated carbocycles. The normalized spacial score (nSPS) is 14.3. The van der Waals surface area contributed by atoms with Gasteiger partial charge < -0.3 is 23.7 Å². The summed E-state index contributed by atoms with van der Waals surface area (Å²) in [6, 6.07) is 9.30. The van der Waals surface area contributed by atoms with Crippen LogP contribution in [-0.2, 0) is 49.5 Å². The molecule has 0 aromatic heterocycles. The van der Waals surface area contributed by atoms with Crippen LogP contribution >= 0.6 is 23.5 Å². The van der Waals surface area contributed by atoms with Crippen LogP contribution in [0.15, 0.2) is 30.3 Å². The third-order valence-electron chi connectivity index (χ3n) is 4.60. The van der Waals surface area contributed by atoms with E-state index in [1.807, 2.05) is 44.2 Å². The molecule has 0 aliphatic carbocycles. The highest BCUT2D eigenvalue weighted by Crippen LogP contribution is 2.34. The fourth-order valence-electron chi connectivity index (χ4n) is 3.33. The van der Waals surface area contributed by atoms with Crippen LogP contribution in [0.4, 0.5) is 0 Å². The lowest BCUT2D eigenvalue weighted by Gasteiger charge is -2.38. The van der Waals surface area contributed by atoms with E-state index in [1.165, 1.54) is 27.7 Å². The average molecular weight is 545 g/mol. The van der Waals surface area contributed by atoms with E-state index in [0.29, 0.717) is 0 Å². The molecule has 11 heteroatoms. The molecule has 4 unspecified atom stereocenters. The molecule has 36 heavy (non-hydrogen) atoms. The second kappa shape index (κ2) is 17.3. The topological polar surface area (TPSA) is 114 Å². The Morgan fingerprint density at radius 3 is 1.72 bits per heavy atom. The molecule has 0 spiro atoms. The maximum Gasteiger partial charge on any atom is 0.303 e. The molecule has 0 radical (unpaired) electrons. The van der Waals surface area contributed by atoms with Crippen molar-refractivity contribution in [2.45, 2.75) is 77.1 Å². The Hall–Kier alpha value is -2.24. The lowest BCUT2D eigenvalue weighted by atomic mass is 10.0. The van der Waals surface area contributed by atoms with Crippen molar-refractivity contribution < 1.29 is 42.9 Å². The molecular weight excluding hydrogens is 508 g/mol. The third-order valence-corrected chi connectivity index (χ3v) is 7.28. The zero-order valence-electron chi connectivity index (χ0n) is 21.6. The van der Waals surface area contributed by atoms with Gasteiger partial charge in [0, 0.05) is 27.7 Å². The van der Waals surface area contributed by atoms with E-state index in [0.717, 1.165) is 17.1 Å². The van der Waals surface area contributed by atoms with Gasteiger partial charge in [-0.3, -0.25) is 19.2 Å². The van der Waals surface area contributed by atoms with Crippen molar-refractivity contribution >= 4 is 47.4 Å². The Bertz CT molecular complexity index is 828. The first-order valence-corrected chi connectivity index (χ1v) is 13.7. The molecule has 0 fully saturated rings. The van der Waals surface area contributed by atoms with Crippen molar-refractivity contribution in [2.24, 2.45) is 0 Å². The van der Waals surface area contributed by atoms with Crippen LogP contribution in [0, 0.1) is 0 Å². The first kappa shape index (κ1) is 31.8. The van der Waals surface area contributed by atoms with Crippen LogP contribution in [-0.4, -0.2) is 71.0 Å². The van der Waals surface area contributed by atoms with E-state index < -0.39 is 48.3 Å². The number of carbonyl (C=O) groups is 4. The number of thioether (sulfide) groups is 2. The van der Waals surface area contributed by atoms with Crippen molar-refractivity contribution in [3.8, 4) is 0 Å². The minimum Gasteiger partial charge on any atom is -0.462 e. The highest BCUT2D eigenvalue weighted by atomic mass is 32.2. The van der Waals surface area contributed by atoms with Crippen molar-refractivity contribution in [1.29, 1.82) is 0 Å². The molecule has 1 aromatic rings. The average Bonchev–Trinajstić information content (AvgIpc) is 2.80. The molecule has 0 aliphatic heterocycles. The largest absolute Gasteiger partial charge is 0.462 e. The van der Waals surface area contributed by atoms with Crippen LogP contribution in [0.3, 0.4) is 0 Å². The molecule has 4 atom stereocenters. The fraction of sp³-hybridized carbons (Fsp3) is 0.600. The van der Waals surface area contributed by atoms with Gasteiger partial charge in [-0.15, -0.1) is 23.5 Å². The first-order valence-electron chi connectivity index (χ1n) is 11.6. The Balaban J connectivity index is 3.58. The molecule has 1 aromatic carbocycles. The summed E-state index contributed by atoms with van der Waals surface area (Å²) in [6.07, 6.45) is -4.38. The van der Waals surface area contributed by atoms with Crippen LogP contribution in [0.1, 0.15) is 47.1 Å². The highest BCUT2D eigenvalue weighted by molar-refractivity contribution is 8.17. The Labute approximate surface area is 221 Å². The second-order valence-corrected chi connectivity index (χ2v) is 10.8. The van der Waals surface area contributed by atoms with E-state index in [4.69, 9.17) is 23.7 Å². The van der Waals surface area contributed by atoms with Gasteiger partial charge in [-0.05, 0) is 17.1 Å². The predicted octanol–water partition coefficient (Wildman–Crippen LogP) is 3.76. The lowest BCUT2D eigenvalue weighted by molar-refractivity contribution is -0.200. The Kier molecular flexibility index (Phi) is 15.2. The summed E-state index contributed by atoms with van der Waals surface area (Å²) in [6.45, 7) is 8.57. The monoisotopic (exact) mass is 544 g/mol. The summed E-state index contributed by atoms with van der Waals surface area (Å²) in [4.78, 5) is 47.9. The summed E-state index contributed by atoms with van der Waals surface area (Å²) in [7, 11) is 0. The SMILES string of the molecule is CCSC(SCC)C(OC(C)=O)C(OCc1ccccc1)C(OC(C)=O)C(COC(C)=O)OC(C)=O. The highest BCUT2D eigenvalue weighted by Gasteiger charge is 2.45. The number of carbonyl (C=O) groups excluding carboxylic acids is 4. The summed E-state index contributed by atoms with van der Waals surface area (Å²) in [5, 5.41) is 0. The molecular formula is C25H36O9S2. The van der Waals surface area contributed by atoms with Crippen molar-refractivity contribution in [3.05, 3.63) is 35.9 Å². The van der Waals surface area contributed by atoms with Crippen LogP contribution in [0.25, 0.3) is 0 Å². The van der Waals surface area contributed by atoms with Gasteiger partial charge in [0.15, 0.2) is 18.3 Å². The molecule has 0 bridgehead atoms. The maximum absolute atomic E-state index is 12.2. The zero-order chi connectivity index (χ0) is 27.1. The second-order valence-electron chi connectivity index (χ2n) is 7.64. The fourth-order valence-corrected chi connectivity index (χ4v) is 5.99. The van der Waals surface area contributed by atoms with Crippen molar-refractivity contribution in [1.82, 2.24) is 0 Å². The standard InChI is InChI=1S/C25H36O9S2/c1-7-35-25(36-8-2)24(34-19(6)29)23(31-14-20-12-10-9-11-13-20)22(33-18(5)28)21(32-17(4)27)15-30-16(3)26/h9-13,21-25H,7-8,14-15H2,1-6H3. The van der Waals surface area contributed by atoms with E-state index in [9.17, 15) is 19.2 Å². The van der Waals surface area contributed by atoms with Gasteiger partial charge in [0.25, 0.3) is 0 Å².